The Morgan fingerprint density at radius 1 is 1.50 bits per heavy atom. The van der Waals surface area contributed by atoms with Gasteiger partial charge < -0.3 is 10.1 Å². The van der Waals surface area contributed by atoms with E-state index in [9.17, 15) is 4.79 Å². The molecule has 0 saturated heterocycles. The highest BCUT2D eigenvalue weighted by Gasteiger charge is 2.11. The van der Waals surface area contributed by atoms with Crippen LogP contribution in [0.1, 0.15) is 36.8 Å². The molecule has 1 N–H and O–H groups in total. The minimum atomic E-state index is -0.120. The number of imidazole rings is 1. The first-order valence-corrected chi connectivity index (χ1v) is 7.79. The maximum absolute atomic E-state index is 11.2. The van der Waals surface area contributed by atoms with Crippen molar-refractivity contribution in [3.8, 4) is 0 Å². The fraction of sp³-hybridized carbons (Fsp3) is 0.571. The Labute approximate surface area is 123 Å². The minimum Gasteiger partial charge on any atom is -0.466 e. The molecular weight excluding hydrogens is 274 g/mol. The van der Waals surface area contributed by atoms with Crippen LogP contribution in [0.25, 0.3) is 4.96 Å². The van der Waals surface area contributed by atoms with Crippen molar-refractivity contribution in [2.45, 2.75) is 40.2 Å². The molecule has 2 rings (SSSR count). The average molecular weight is 295 g/mol. The van der Waals surface area contributed by atoms with E-state index in [1.165, 1.54) is 11.4 Å². The lowest BCUT2D eigenvalue weighted by Crippen LogP contribution is -2.18. The quantitative estimate of drug-likeness (QED) is 0.629. The van der Waals surface area contributed by atoms with Crippen molar-refractivity contribution >= 4 is 22.3 Å². The van der Waals surface area contributed by atoms with Gasteiger partial charge in [0.15, 0.2) is 4.96 Å². The number of rotatable bonds is 7. The van der Waals surface area contributed by atoms with Crippen LogP contribution in [0.4, 0.5) is 0 Å². The number of hydrogen-bond acceptors (Lipinski definition) is 5. The van der Waals surface area contributed by atoms with E-state index < -0.39 is 0 Å². The van der Waals surface area contributed by atoms with Crippen LogP contribution in [0, 0.1) is 13.8 Å². The number of nitrogens with one attached hydrogen (secondary N) is 1. The summed E-state index contributed by atoms with van der Waals surface area (Å²) in [7, 11) is 0. The predicted molar refractivity (Wildman–Crippen MR) is 80.1 cm³/mol. The molecule has 2 aromatic heterocycles. The number of carbonyl (C=O) groups is 1. The zero-order valence-electron chi connectivity index (χ0n) is 12.2. The van der Waals surface area contributed by atoms with Crippen molar-refractivity contribution < 1.29 is 9.53 Å². The molecule has 0 amide bonds. The number of aryl methyl sites for hydroxylation is 2. The van der Waals surface area contributed by atoms with Gasteiger partial charge in [-0.2, -0.15) is 0 Å². The fourth-order valence-corrected chi connectivity index (χ4v) is 3.10. The summed E-state index contributed by atoms with van der Waals surface area (Å²) < 4.78 is 7.09. The maximum atomic E-state index is 11.2. The Bertz CT molecular complexity index is 589. The van der Waals surface area contributed by atoms with Crippen molar-refractivity contribution in [3.63, 3.8) is 0 Å². The van der Waals surface area contributed by atoms with Crippen LogP contribution in [-0.2, 0) is 16.1 Å². The third kappa shape index (κ3) is 3.37. The molecule has 0 radical (unpaired) electrons. The molecular formula is C14H21N3O2S. The molecule has 0 atom stereocenters. The van der Waals surface area contributed by atoms with E-state index in [-0.39, 0.29) is 5.97 Å². The van der Waals surface area contributed by atoms with Crippen LogP contribution in [0.2, 0.25) is 0 Å². The van der Waals surface area contributed by atoms with Crippen LogP contribution in [-0.4, -0.2) is 28.5 Å². The van der Waals surface area contributed by atoms with E-state index in [0.717, 1.165) is 30.2 Å². The highest BCUT2D eigenvalue weighted by atomic mass is 32.1. The first kappa shape index (κ1) is 15.0. The summed E-state index contributed by atoms with van der Waals surface area (Å²) in [5.41, 5.74) is 3.49. The third-order valence-corrected chi connectivity index (χ3v) is 4.11. The molecule has 0 aliphatic carbocycles. The van der Waals surface area contributed by atoms with Gasteiger partial charge in [0.1, 0.15) is 0 Å². The van der Waals surface area contributed by atoms with Gasteiger partial charge in [-0.25, -0.2) is 4.98 Å². The van der Waals surface area contributed by atoms with E-state index in [2.05, 4.69) is 27.0 Å². The Balaban J connectivity index is 1.82. The normalized spacial score (nSPS) is 11.2. The van der Waals surface area contributed by atoms with Crippen molar-refractivity contribution in [1.82, 2.24) is 14.7 Å². The summed E-state index contributed by atoms with van der Waals surface area (Å²) in [6.07, 6.45) is 1.27. The molecule has 0 spiro atoms. The highest BCUT2D eigenvalue weighted by molar-refractivity contribution is 7.15. The first-order chi connectivity index (χ1) is 9.63. The number of ether oxygens (including phenoxy) is 1. The SMILES string of the molecule is CCOC(=O)CCCNCc1c(C)nc2scc(C)n12. The Morgan fingerprint density at radius 3 is 3.05 bits per heavy atom. The molecule has 2 heterocycles. The zero-order valence-corrected chi connectivity index (χ0v) is 13.0. The van der Waals surface area contributed by atoms with Gasteiger partial charge in [0.05, 0.1) is 18.0 Å². The number of thiazole rings is 1. The molecule has 0 unspecified atom stereocenters. The van der Waals surface area contributed by atoms with Crippen LogP contribution in [0.15, 0.2) is 5.38 Å². The summed E-state index contributed by atoms with van der Waals surface area (Å²) >= 11 is 1.66. The first-order valence-electron chi connectivity index (χ1n) is 6.91. The highest BCUT2D eigenvalue weighted by Crippen LogP contribution is 2.20. The van der Waals surface area contributed by atoms with E-state index >= 15 is 0 Å². The largest absolute Gasteiger partial charge is 0.466 e. The average Bonchev–Trinajstić information content (AvgIpc) is 2.90. The van der Waals surface area contributed by atoms with E-state index in [0.29, 0.717) is 13.0 Å². The molecule has 0 bridgehead atoms. The maximum Gasteiger partial charge on any atom is 0.305 e. The Morgan fingerprint density at radius 2 is 2.30 bits per heavy atom. The summed E-state index contributed by atoms with van der Waals surface area (Å²) in [6, 6.07) is 0. The number of hydrogen-bond donors (Lipinski definition) is 1. The summed E-state index contributed by atoms with van der Waals surface area (Å²) in [6.45, 7) is 7.98. The lowest BCUT2D eigenvalue weighted by molar-refractivity contribution is -0.143. The molecule has 5 nitrogen and oxygen atoms in total. The van der Waals surface area contributed by atoms with E-state index in [1.54, 1.807) is 11.3 Å². The van der Waals surface area contributed by atoms with Gasteiger partial charge in [-0.15, -0.1) is 11.3 Å². The lowest BCUT2D eigenvalue weighted by atomic mass is 10.3. The monoisotopic (exact) mass is 295 g/mol. The fourth-order valence-electron chi connectivity index (χ4n) is 2.17. The van der Waals surface area contributed by atoms with Gasteiger partial charge in [0.25, 0.3) is 0 Å². The topological polar surface area (TPSA) is 55.6 Å². The number of esters is 1. The van der Waals surface area contributed by atoms with Gasteiger partial charge >= 0.3 is 5.97 Å². The number of fused-ring (bicyclic) bond motifs is 1. The van der Waals surface area contributed by atoms with Gasteiger partial charge in [-0.3, -0.25) is 9.20 Å². The Hall–Kier alpha value is -1.40. The summed E-state index contributed by atoms with van der Waals surface area (Å²) in [5.74, 6) is -0.120. The molecule has 0 aliphatic heterocycles. The standard InChI is InChI=1S/C14H21N3O2S/c1-4-19-13(18)6-5-7-15-8-12-11(3)16-14-17(12)10(2)9-20-14/h9,15H,4-8H2,1-3H3. The zero-order chi connectivity index (χ0) is 14.5. The van der Waals surface area contributed by atoms with E-state index in [4.69, 9.17) is 4.74 Å². The lowest BCUT2D eigenvalue weighted by Gasteiger charge is -2.06. The van der Waals surface area contributed by atoms with Gasteiger partial charge in [0.2, 0.25) is 0 Å². The van der Waals surface area contributed by atoms with Gasteiger partial charge in [-0.1, -0.05) is 0 Å². The molecule has 0 saturated carbocycles. The van der Waals surface area contributed by atoms with Gasteiger partial charge in [0, 0.05) is 24.0 Å². The van der Waals surface area contributed by atoms with Crippen molar-refractivity contribution in [2.75, 3.05) is 13.2 Å². The third-order valence-electron chi connectivity index (χ3n) is 3.16. The van der Waals surface area contributed by atoms with Crippen molar-refractivity contribution in [3.05, 3.63) is 22.5 Å². The molecule has 2 aromatic rings. The van der Waals surface area contributed by atoms with Crippen LogP contribution in [0.3, 0.4) is 0 Å². The summed E-state index contributed by atoms with van der Waals surface area (Å²) in [5, 5.41) is 5.49. The van der Waals surface area contributed by atoms with Crippen molar-refractivity contribution in [2.24, 2.45) is 0 Å². The second-order valence-corrected chi connectivity index (χ2v) is 5.56. The number of nitrogens with zero attached hydrogens (tertiary/aromatic N) is 2. The molecule has 0 aliphatic rings. The second kappa shape index (κ2) is 6.85. The molecule has 110 valence electrons. The number of carbonyl (C=O) groups excluding carboxylic acids is 1. The van der Waals surface area contributed by atoms with Crippen molar-refractivity contribution in [1.29, 1.82) is 0 Å². The number of aromatic nitrogens is 2. The molecule has 6 heteroatoms. The van der Waals surface area contributed by atoms with Crippen LogP contribution in [0.5, 0.6) is 0 Å². The summed E-state index contributed by atoms with van der Waals surface area (Å²) in [4.78, 5) is 16.8. The van der Waals surface area contributed by atoms with E-state index in [1.807, 2.05) is 13.8 Å². The predicted octanol–water partition coefficient (Wildman–Crippen LogP) is 2.45. The molecule has 0 aromatic carbocycles. The van der Waals surface area contributed by atoms with Crippen LogP contribution < -0.4 is 5.32 Å². The molecule has 0 fully saturated rings. The smallest absolute Gasteiger partial charge is 0.305 e. The minimum absolute atomic E-state index is 0.120. The van der Waals surface area contributed by atoms with Crippen LogP contribution >= 0.6 is 11.3 Å². The Kier molecular flexibility index (Phi) is 5.14. The second-order valence-electron chi connectivity index (χ2n) is 4.72. The van der Waals surface area contributed by atoms with Gasteiger partial charge in [-0.05, 0) is 33.7 Å². The molecule has 20 heavy (non-hydrogen) atoms.